The molecular weight excluding hydrogens is 274 g/mol. The molecule has 0 heterocycles. The van der Waals surface area contributed by atoms with Gasteiger partial charge in [0.05, 0.1) is 19.8 Å². The largest absolute Gasteiger partial charge is 0.493 e. The Kier molecular flexibility index (Phi) is 6.32. The molecule has 1 aromatic rings. The van der Waals surface area contributed by atoms with Gasteiger partial charge in [-0.05, 0) is 18.6 Å². The highest BCUT2D eigenvalue weighted by atomic mass is 16.5. The predicted molar refractivity (Wildman–Crippen MR) is 79.1 cm³/mol. The van der Waals surface area contributed by atoms with Gasteiger partial charge in [0.15, 0.2) is 11.5 Å². The number of methoxy groups -OCH3 is 2. The van der Waals surface area contributed by atoms with Crippen LogP contribution in [0.3, 0.4) is 0 Å². The van der Waals surface area contributed by atoms with E-state index in [0.717, 1.165) is 0 Å². The number of nitrogens with two attached hydrogens (primary N) is 1. The lowest BCUT2D eigenvalue weighted by molar-refractivity contribution is 0.0933. The van der Waals surface area contributed by atoms with Crippen LogP contribution < -0.4 is 20.5 Å². The zero-order chi connectivity index (χ0) is 15.8. The molecule has 0 aromatic heterocycles. The number of amides is 1. The summed E-state index contributed by atoms with van der Waals surface area (Å²) >= 11 is 0. The number of benzene rings is 1. The standard InChI is InChI=1S/C14H21N3O4/c1-4-9(8-12(15)17-19)16-14(18)10-6-5-7-11(20-2)13(10)21-3/h5-7,9,19H,4,8H2,1-3H3,(H2,15,17)(H,16,18). The highest BCUT2D eigenvalue weighted by Gasteiger charge is 2.19. The SMILES string of the molecule is CCC(CC(N)=NO)NC(=O)c1cccc(OC)c1OC. The van der Waals surface area contributed by atoms with Gasteiger partial charge in [-0.1, -0.05) is 18.1 Å². The van der Waals surface area contributed by atoms with Gasteiger partial charge in [-0.25, -0.2) is 0 Å². The lowest BCUT2D eigenvalue weighted by atomic mass is 10.1. The van der Waals surface area contributed by atoms with E-state index < -0.39 is 0 Å². The maximum absolute atomic E-state index is 12.3. The number of nitrogens with one attached hydrogen (secondary N) is 1. The molecule has 1 unspecified atom stereocenters. The van der Waals surface area contributed by atoms with Gasteiger partial charge in [0.1, 0.15) is 5.84 Å². The molecule has 7 nitrogen and oxygen atoms in total. The minimum absolute atomic E-state index is 0.0692. The fraction of sp³-hybridized carbons (Fsp3) is 0.429. The van der Waals surface area contributed by atoms with E-state index in [0.29, 0.717) is 23.5 Å². The molecule has 1 aromatic carbocycles. The Labute approximate surface area is 123 Å². The highest BCUT2D eigenvalue weighted by Crippen LogP contribution is 2.30. The number of hydrogen-bond acceptors (Lipinski definition) is 5. The van der Waals surface area contributed by atoms with Crippen molar-refractivity contribution in [1.29, 1.82) is 0 Å². The molecule has 7 heteroatoms. The minimum atomic E-state index is -0.302. The predicted octanol–water partition coefficient (Wildman–Crippen LogP) is 1.35. The van der Waals surface area contributed by atoms with Crippen LogP contribution in [0.1, 0.15) is 30.1 Å². The van der Waals surface area contributed by atoms with Crippen LogP contribution in [0.4, 0.5) is 0 Å². The van der Waals surface area contributed by atoms with Crippen molar-refractivity contribution in [3.05, 3.63) is 23.8 Å². The Bertz CT molecular complexity index is 517. The van der Waals surface area contributed by atoms with Gasteiger partial charge in [0.25, 0.3) is 5.91 Å². The van der Waals surface area contributed by atoms with Crippen molar-refractivity contribution in [3.8, 4) is 11.5 Å². The zero-order valence-corrected chi connectivity index (χ0v) is 12.4. The van der Waals surface area contributed by atoms with Gasteiger partial charge in [-0.2, -0.15) is 0 Å². The average Bonchev–Trinajstić information content (AvgIpc) is 2.52. The van der Waals surface area contributed by atoms with Gasteiger partial charge in [-0.15, -0.1) is 0 Å². The molecular formula is C14H21N3O4. The molecule has 0 saturated heterocycles. The molecule has 116 valence electrons. The van der Waals surface area contributed by atoms with Crippen LogP contribution in [0.2, 0.25) is 0 Å². The number of ether oxygens (including phenoxy) is 2. The molecule has 21 heavy (non-hydrogen) atoms. The normalized spacial score (nSPS) is 12.6. The van der Waals surface area contributed by atoms with Gasteiger partial charge >= 0.3 is 0 Å². The fourth-order valence-electron chi connectivity index (χ4n) is 1.92. The topological polar surface area (TPSA) is 106 Å². The molecule has 0 aliphatic carbocycles. The molecule has 0 saturated carbocycles. The average molecular weight is 295 g/mol. The Morgan fingerprint density at radius 3 is 2.67 bits per heavy atom. The fourth-order valence-corrected chi connectivity index (χ4v) is 1.92. The lowest BCUT2D eigenvalue weighted by Gasteiger charge is -2.18. The number of carbonyl (C=O) groups excluding carboxylic acids is 1. The molecule has 0 fully saturated rings. The van der Waals surface area contributed by atoms with Crippen molar-refractivity contribution >= 4 is 11.7 Å². The van der Waals surface area contributed by atoms with Crippen molar-refractivity contribution < 1.29 is 19.5 Å². The number of rotatable bonds is 7. The molecule has 1 atom stereocenters. The maximum Gasteiger partial charge on any atom is 0.255 e. The van der Waals surface area contributed by atoms with Gasteiger partial charge in [0.2, 0.25) is 0 Å². The van der Waals surface area contributed by atoms with Gasteiger partial charge in [0, 0.05) is 12.5 Å². The molecule has 0 radical (unpaired) electrons. The van der Waals surface area contributed by atoms with Crippen molar-refractivity contribution in [2.45, 2.75) is 25.8 Å². The van der Waals surface area contributed by atoms with Gasteiger partial charge in [-0.3, -0.25) is 4.79 Å². The third kappa shape index (κ3) is 4.27. The number of para-hydroxylation sites is 1. The molecule has 1 amide bonds. The molecule has 0 bridgehead atoms. The quantitative estimate of drug-likeness (QED) is 0.305. The second-order valence-corrected chi connectivity index (χ2v) is 4.42. The summed E-state index contributed by atoms with van der Waals surface area (Å²) in [7, 11) is 2.98. The van der Waals surface area contributed by atoms with Crippen molar-refractivity contribution in [2.24, 2.45) is 10.9 Å². The van der Waals surface area contributed by atoms with E-state index in [1.807, 2.05) is 6.92 Å². The van der Waals surface area contributed by atoms with Crippen LogP contribution in [-0.4, -0.2) is 37.2 Å². The first kappa shape index (κ1) is 16.6. The van der Waals surface area contributed by atoms with Crippen molar-refractivity contribution in [1.82, 2.24) is 5.32 Å². The summed E-state index contributed by atoms with van der Waals surface area (Å²) in [5, 5.41) is 14.3. The summed E-state index contributed by atoms with van der Waals surface area (Å²) in [6.07, 6.45) is 0.916. The Morgan fingerprint density at radius 1 is 1.43 bits per heavy atom. The van der Waals surface area contributed by atoms with E-state index in [2.05, 4.69) is 10.5 Å². The minimum Gasteiger partial charge on any atom is -0.493 e. The van der Waals surface area contributed by atoms with Crippen LogP contribution in [0, 0.1) is 0 Å². The van der Waals surface area contributed by atoms with E-state index in [9.17, 15) is 4.79 Å². The summed E-state index contributed by atoms with van der Waals surface area (Å²) in [4.78, 5) is 12.3. The third-order valence-corrected chi connectivity index (χ3v) is 3.06. The molecule has 0 aliphatic heterocycles. The number of nitrogens with zero attached hydrogens (tertiary/aromatic N) is 1. The van der Waals surface area contributed by atoms with E-state index in [1.165, 1.54) is 14.2 Å². The Balaban J connectivity index is 2.93. The number of hydrogen-bond donors (Lipinski definition) is 3. The van der Waals surface area contributed by atoms with E-state index in [4.69, 9.17) is 20.4 Å². The summed E-state index contributed by atoms with van der Waals surface area (Å²) < 4.78 is 10.4. The molecule has 0 spiro atoms. The smallest absolute Gasteiger partial charge is 0.255 e. The maximum atomic E-state index is 12.3. The molecule has 1 rings (SSSR count). The third-order valence-electron chi connectivity index (χ3n) is 3.06. The summed E-state index contributed by atoms with van der Waals surface area (Å²) in [6.45, 7) is 1.90. The number of oxime groups is 1. The Hall–Kier alpha value is -2.44. The van der Waals surface area contributed by atoms with E-state index in [-0.39, 0.29) is 24.2 Å². The summed E-state index contributed by atoms with van der Waals surface area (Å²) in [5.74, 6) is 0.619. The summed E-state index contributed by atoms with van der Waals surface area (Å²) in [5.41, 5.74) is 5.84. The first-order valence-electron chi connectivity index (χ1n) is 6.55. The van der Waals surface area contributed by atoms with Crippen LogP contribution in [0.15, 0.2) is 23.4 Å². The van der Waals surface area contributed by atoms with E-state index >= 15 is 0 Å². The zero-order valence-electron chi connectivity index (χ0n) is 12.4. The first-order valence-corrected chi connectivity index (χ1v) is 6.55. The monoisotopic (exact) mass is 295 g/mol. The lowest BCUT2D eigenvalue weighted by Crippen LogP contribution is -2.37. The van der Waals surface area contributed by atoms with Crippen molar-refractivity contribution in [2.75, 3.05) is 14.2 Å². The summed E-state index contributed by atoms with van der Waals surface area (Å²) in [6, 6.07) is 4.83. The first-order chi connectivity index (χ1) is 10.1. The second kappa shape index (κ2) is 7.98. The number of carbonyl (C=O) groups is 1. The molecule has 4 N–H and O–H groups in total. The van der Waals surface area contributed by atoms with Gasteiger partial charge < -0.3 is 25.7 Å². The molecule has 0 aliphatic rings. The van der Waals surface area contributed by atoms with Crippen LogP contribution in [0.25, 0.3) is 0 Å². The van der Waals surface area contributed by atoms with Crippen molar-refractivity contribution in [3.63, 3.8) is 0 Å². The van der Waals surface area contributed by atoms with E-state index in [1.54, 1.807) is 18.2 Å². The van der Waals surface area contributed by atoms with Crippen LogP contribution in [0.5, 0.6) is 11.5 Å². The number of amidine groups is 1. The van der Waals surface area contributed by atoms with Crippen LogP contribution >= 0.6 is 0 Å². The van der Waals surface area contributed by atoms with Crippen LogP contribution in [-0.2, 0) is 0 Å². The second-order valence-electron chi connectivity index (χ2n) is 4.42. The Morgan fingerprint density at radius 2 is 2.14 bits per heavy atom. The highest BCUT2D eigenvalue weighted by molar-refractivity contribution is 5.98.